The van der Waals surface area contributed by atoms with Gasteiger partial charge >= 0.3 is 39.5 Å². The van der Waals surface area contributed by atoms with Crippen LogP contribution in [0.5, 0.6) is 0 Å². The van der Waals surface area contributed by atoms with Crippen LogP contribution in [0.25, 0.3) is 0 Å². The summed E-state index contributed by atoms with van der Waals surface area (Å²) >= 11 is 0. The molecule has 17 nitrogen and oxygen atoms in total. The van der Waals surface area contributed by atoms with Gasteiger partial charge in [-0.1, -0.05) is 290 Å². The smallest absolute Gasteiger partial charge is 0.462 e. The summed E-state index contributed by atoms with van der Waals surface area (Å²) in [6.07, 6.45) is 81.8. The van der Waals surface area contributed by atoms with E-state index in [2.05, 4.69) is 137 Å². The van der Waals surface area contributed by atoms with Crippen molar-refractivity contribution in [3.8, 4) is 0 Å². The molecule has 102 heavy (non-hydrogen) atoms. The highest BCUT2D eigenvalue weighted by atomic mass is 31.2. The number of carbonyl (C=O) groups is 4. The Morgan fingerprint density at radius 2 is 0.520 bits per heavy atom. The number of rotatable bonds is 74. The molecular weight excluding hydrogens is 1330 g/mol. The van der Waals surface area contributed by atoms with Crippen LogP contribution >= 0.6 is 15.6 Å². The van der Waals surface area contributed by atoms with Crippen LogP contribution < -0.4 is 0 Å². The first kappa shape index (κ1) is 97.5. The number of esters is 4. The molecule has 0 heterocycles. The monoisotopic (exact) mass is 1470 g/mol. The summed E-state index contributed by atoms with van der Waals surface area (Å²) in [5, 5.41) is 10.6. The lowest BCUT2D eigenvalue weighted by atomic mass is 10.0. The van der Waals surface area contributed by atoms with E-state index in [1.54, 1.807) is 0 Å². The minimum atomic E-state index is -4.99. The fraction of sp³-hybridized carbons (Fsp3) is 0.711. The van der Waals surface area contributed by atoms with Gasteiger partial charge in [0.2, 0.25) is 0 Å². The zero-order valence-electron chi connectivity index (χ0n) is 64.0. The minimum absolute atomic E-state index is 0.0651. The van der Waals surface area contributed by atoms with E-state index < -0.39 is 97.5 Å². The SMILES string of the molecule is CC/C=C\C/C=C\C/C=C\C/C=C\C/C=C\CCCC(=O)OCC(COP(=O)(O)OCC(O)COP(=O)(O)OCC(COC(=O)CCCCCCCCC/C=C\C/C=C\C/C=C\CC)OC(=O)CCCCCCCCCCCCCCC)OC(=O)CCCCCCC/C=C\C/C=C\CCCCC. The third-order valence-electron chi connectivity index (χ3n) is 16.4. The molecule has 19 heteroatoms. The van der Waals surface area contributed by atoms with Crippen molar-refractivity contribution in [3.63, 3.8) is 0 Å². The first-order valence-electron chi connectivity index (χ1n) is 39.8. The van der Waals surface area contributed by atoms with Crippen molar-refractivity contribution in [1.29, 1.82) is 0 Å². The van der Waals surface area contributed by atoms with Gasteiger partial charge in [-0.2, -0.15) is 0 Å². The van der Waals surface area contributed by atoms with Crippen LogP contribution in [-0.4, -0.2) is 96.7 Å². The molecule has 0 aliphatic carbocycles. The molecule has 0 aromatic carbocycles. The lowest BCUT2D eigenvalue weighted by molar-refractivity contribution is -0.161. The molecular formula is C83H142O17P2. The quantitative estimate of drug-likeness (QED) is 0.0169. The Kier molecular flexibility index (Phi) is 71.4. The van der Waals surface area contributed by atoms with Crippen molar-refractivity contribution in [2.75, 3.05) is 39.6 Å². The summed E-state index contributed by atoms with van der Waals surface area (Å²) in [6, 6.07) is 0. The fourth-order valence-electron chi connectivity index (χ4n) is 10.4. The average molecular weight is 1470 g/mol. The average Bonchev–Trinajstić information content (AvgIpc) is 0.939. The number of phosphoric ester groups is 2. The Labute approximate surface area is 619 Å². The maximum atomic E-state index is 13.1. The predicted octanol–water partition coefficient (Wildman–Crippen LogP) is 23.1. The molecule has 0 aromatic rings. The lowest BCUT2D eigenvalue weighted by Gasteiger charge is -2.21. The van der Waals surface area contributed by atoms with Gasteiger partial charge in [0.15, 0.2) is 12.2 Å². The third-order valence-corrected chi connectivity index (χ3v) is 18.3. The molecule has 0 rings (SSSR count). The standard InChI is InChI=1S/C83H142O17P2/c1-5-9-13-17-21-25-29-33-36-38-41-44-47-51-55-59-63-67-80(85)93-73-78(99-82(87)69-65-61-57-53-49-43-32-28-24-20-16-12-8-4)75-97-101(89,90)95-71-77(84)72-96-102(91,92)98-76-79(100-83(88)70-66-62-58-54-50-46-40-35-31-27-23-19-15-11-7-3)74-94-81(86)68-64-60-56-52-48-45-42-39-37-34-30-26-22-18-14-10-6-2/h9-10,13-14,21-23,25-27,33-37,40,42,45,52,56,77-79,84H,5-8,11-12,15-20,24,28-32,38-39,41,43-44,46-51,53-55,57-76H2,1-4H3,(H,89,90)(H,91,92)/b13-9-,14-10-,25-21-,26-22-,27-23-,36-33-,37-34-,40-35-,45-42-,56-52-. The molecule has 586 valence electrons. The summed E-state index contributed by atoms with van der Waals surface area (Å²) in [6.45, 7) is 4.56. The zero-order chi connectivity index (χ0) is 74.6. The van der Waals surface area contributed by atoms with Gasteiger partial charge in [-0.15, -0.1) is 0 Å². The van der Waals surface area contributed by atoms with Gasteiger partial charge in [0.25, 0.3) is 0 Å². The van der Waals surface area contributed by atoms with Crippen molar-refractivity contribution in [2.24, 2.45) is 0 Å². The molecule has 0 fully saturated rings. The Balaban J connectivity index is 5.40. The van der Waals surface area contributed by atoms with E-state index in [9.17, 15) is 43.2 Å². The third kappa shape index (κ3) is 73.8. The Morgan fingerprint density at radius 1 is 0.284 bits per heavy atom. The van der Waals surface area contributed by atoms with E-state index in [0.29, 0.717) is 32.1 Å². The number of unbranched alkanes of at least 4 members (excludes halogenated alkanes) is 28. The number of hydrogen-bond donors (Lipinski definition) is 3. The molecule has 0 radical (unpaired) electrons. The van der Waals surface area contributed by atoms with E-state index in [4.69, 9.17) is 37.0 Å². The van der Waals surface area contributed by atoms with Gasteiger partial charge in [-0.05, 0) is 128 Å². The van der Waals surface area contributed by atoms with Crippen LogP contribution in [0.3, 0.4) is 0 Å². The molecule has 5 unspecified atom stereocenters. The Bertz CT molecular complexity index is 2410. The van der Waals surface area contributed by atoms with Crippen LogP contribution in [0.15, 0.2) is 122 Å². The summed E-state index contributed by atoms with van der Waals surface area (Å²) in [5.41, 5.74) is 0. The van der Waals surface area contributed by atoms with Crippen LogP contribution in [0.4, 0.5) is 0 Å². The van der Waals surface area contributed by atoms with Gasteiger partial charge in [-0.3, -0.25) is 37.3 Å². The molecule has 0 aliphatic heterocycles. The predicted molar refractivity (Wildman–Crippen MR) is 418 cm³/mol. The summed E-state index contributed by atoms with van der Waals surface area (Å²) in [7, 11) is -9.98. The molecule has 0 spiro atoms. The fourth-order valence-corrected chi connectivity index (χ4v) is 12.0. The highest BCUT2D eigenvalue weighted by Gasteiger charge is 2.30. The second kappa shape index (κ2) is 74.7. The number of aliphatic hydroxyl groups excluding tert-OH is 1. The van der Waals surface area contributed by atoms with Crippen LogP contribution in [-0.2, 0) is 65.4 Å². The second-order valence-corrected chi connectivity index (χ2v) is 29.2. The van der Waals surface area contributed by atoms with Gasteiger partial charge in [-0.25, -0.2) is 9.13 Å². The van der Waals surface area contributed by atoms with E-state index in [1.165, 1.54) is 70.6 Å². The molecule has 5 atom stereocenters. The highest BCUT2D eigenvalue weighted by molar-refractivity contribution is 7.47. The first-order valence-corrected chi connectivity index (χ1v) is 42.8. The number of allylic oxidation sites excluding steroid dienone is 20. The van der Waals surface area contributed by atoms with E-state index >= 15 is 0 Å². The van der Waals surface area contributed by atoms with Gasteiger partial charge in [0.1, 0.15) is 19.3 Å². The molecule has 3 N–H and O–H groups in total. The van der Waals surface area contributed by atoms with Crippen LogP contribution in [0.1, 0.15) is 323 Å². The van der Waals surface area contributed by atoms with Crippen LogP contribution in [0, 0.1) is 0 Å². The molecule has 0 aromatic heterocycles. The van der Waals surface area contributed by atoms with Gasteiger partial charge in [0.05, 0.1) is 26.4 Å². The first-order chi connectivity index (χ1) is 49.7. The number of carbonyl (C=O) groups excluding carboxylic acids is 4. The number of hydrogen-bond acceptors (Lipinski definition) is 15. The maximum absolute atomic E-state index is 13.1. The summed E-state index contributed by atoms with van der Waals surface area (Å²) in [4.78, 5) is 73.0. The molecule has 0 aliphatic rings. The molecule has 0 amide bonds. The minimum Gasteiger partial charge on any atom is -0.462 e. The van der Waals surface area contributed by atoms with Gasteiger partial charge < -0.3 is 33.8 Å². The van der Waals surface area contributed by atoms with E-state index in [-0.39, 0.29) is 25.7 Å². The highest BCUT2D eigenvalue weighted by Crippen LogP contribution is 2.45. The van der Waals surface area contributed by atoms with Crippen molar-refractivity contribution < 1.29 is 80.2 Å². The van der Waals surface area contributed by atoms with E-state index in [0.717, 1.165) is 167 Å². The zero-order valence-corrected chi connectivity index (χ0v) is 65.8. The van der Waals surface area contributed by atoms with Gasteiger partial charge in [0, 0.05) is 25.7 Å². The summed E-state index contributed by atoms with van der Waals surface area (Å²) < 4.78 is 68.5. The van der Waals surface area contributed by atoms with E-state index in [1.807, 2.05) is 12.2 Å². The largest absolute Gasteiger partial charge is 0.472 e. The normalized spacial score (nSPS) is 14.5. The second-order valence-electron chi connectivity index (χ2n) is 26.2. The maximum Gasteiger partial charge on any atom is 0.472 e. The molecule has 0 saturated carbocycles. The van der Waals surface area contributed by atoms with Crippen molar-refractivity contribution in [3.05, 3.63) is 122 Å². The number of phosphoric acid groups is 2. The van der Waals surface area contributed by atoms with Crippen molar-refractivity contribution >= 4 is 39.5 Å². The number of aliphatic hydroxyl groups is 1. The Hall–Kier alpha value is -4.54. The topological polar surface area (TPSA) is 237 Å². The molecule has 0 bridgehead atoms. The van der Waals surface area contributed by atoms with Crippen molar-refractivity contribution in [2.45, 2.75) is 341 Å². The Morgan fingerprint density at radius 3 is 0.843 bits per heavy atom. The molecule has 0 saturated heterocycles. The summed E-state index contributed by atoms with van der Waals surface area (Å²) in [5.74, 6) is -2.26. The lowest BCUT2D eigenvalue weighted by Crippen LogP contribution is -2.30. The van der Waals surface area contributed by atoms with Crippen molar-refractivity contribution in [1.82, 2.24) is 0 Å². The number of ether oxygens (including phenoxy) is 4. The van der Waals surface area contributed by atoms with Crippen LogP contribution in [0.2, 0.25) is 0 Å².